The van der Waals surface area contributed by atoms with Gasteiger partial charge in [0.05, 0.1) is 14.2 Å². The van der Waals surface area contributed by atoms with Crippen molar-refractivity contribution in [1.29, 1.82) is 0 Å². The number of ether oxygens (including phenoxy) is 2. The van der Waals surface area contributed by atoms with Gasteiger partial charge in [-0.3, -0.25) is 0 Å². The minimum Gasteiger partial charge on any atom is -0.497 e. The molecule has 0 fully saturated rings. The topological polar surface area (TPSA) is 44.5 Å². The van der Waals surface area contributed by atoms with Crippen LogP contribution in [0.25, 0.3) is 0 Å². The monoisotopic (exact) mass is 241 g/mol. The van der Waals surface area contributed by atoms with Gasteiger partial charge < -0.3 is 15.2 Å². The first kappa shape index (κ1) is 13.8. The van der Waals surface area contributed by atoms with Gasteiger partial charge in [0.1, 0.15) is 17.2 Å². The fraction of sp³-hybridized carbons (Fsp3) is 0.538. The number of halogens is 1. The summed E-state index contributed by atoms with van der Waals surface area (Å²) in [5.41, 5.74) is 4.55. The molecule has 0 aliphatic carbocycles. The van der Waals surface area contributed by atoms with Gasteiger partial charge in [-0.1, -0.05) is 13.3 Å². The summed E-state index contributed by atoms with van der Waals surface area (Å²) >= 11 is 0. The third kappa shape index (κ3) is 3.09. The molecule has 3 nitrogen and oxygen atoms in total. The maximum atomic E-state index is 14.7. The highest BCUT2D eigenvalue weighted by atomic mass is 19.1. The van der Waals surface area contributed by atoms with Gasteiger partial charge >= 0.3 is 0 Å². The van der Waals surface area contributed by atoms with Gasteiger partial charge in [0.15, 0.2) is 0 Å². The smallest absolute Gasteiger partial charge is 0.148 e. The molecule has 0 radical (unpaired) electrons. The fourth-order valence-electron chi connectivity index (χ4n) is 1.83. The van der Waals surface area contributed by atoms with Crippen LogP contribution in [0.4, 0.5) is 4.39 Å². The second kappa shape index (κ2) is 5.87. The molecule has 0 aliphatic rings. The number of nitrogens with two attached hydrogens (primary N) is 1. The van der Waals surface area contributed by atoms with Gasteiger partial charge in [0.25, 0.3) is 0 Å². The molecule has 0 bridgehead atoms. The van der Waals surface area contributed by atoms with Crippen molar-refractivity contribution >= 4 is 0 Å². The largest absolute Gasteiger partial charge is 0.497 e. The molecule has 0 aliphatic heterocycles. The van der Waals surface area contributed by atoms with Gasteiger partial charge in [-0.15, -0.1) is 0 Å². The van der Waals surface area contributed by atoms with Crippen molar-refractivity contribution < 1.29 is 13.9 Å². The molecule has 1 unspecified atom stereocenters. The minimum atomic E-state index is -1.52. The lowest BCUT2D eigenvalue weighted by Crippen LogP contribution is -2.30. The van der Waals surface area contributed by atoms with Crippen LogP contribution in [-0.4, -0.2) is 20.8 Å². The van der Waals surface area contributed by atoms with Crippen LogP contribution in [0.5, 0.6) is 11.5 Å². The molecule has 1 aromatic carbocycles. The molecular weight excluding hydrogens is 221 g/mol. The van der Waals surface area contributed by atoms with Gasteiger partial charge in [-0.2, -0.15) is 0 Å². The molecule has 96 valence electrons. The van der Waals surface area contributed by atoms with Gasteiger partial charge in [-0.05, 0) is 24.1 Å². The molecule has 0 saturated carbocycles. The van der Waals surface area contributed by atoms with Crippen molar-refractivity contribution in [3.05, 3.63) is 23.8 Å². The molecule has 1 aromatic rings. The molecule has 0 amide bonds. The van der Waals surface area contributed by atoms with Crippen LogP contribution in [0.2, 0.25) is 0 Å². The number of alkyl halides is 1. The zero-order chi connectivity index (χ0) is 12.9. The molecule has 2 N–H and O–H groups in total. The van der Waals surface area contributed by atoms with Crippen LogP contribution < -0.4 is 15.2 Å². The van der Waals surface area contributed by atoms with Gasteiger partial charge in [-0.25, -0.2) is 4.39 Å². The van der Waals surface area contributed by atoms with Crippen LogP contribution >= 0.6 is 0 Å². The Balaban J connectivity index is 3.18. The van der Waals surface area contributed by atoms with Crippen molar-refractivity contribution in [1.82, 2.24) is 0 Å². The Hall–Kier alpha value is -1.29. The fourth-order valence-corrected chi connectivity index (χ4v) is 1.83. The van der Waals surface area contributed by atoms with Crippen molar-refractivity contribution in [3.63, 3.8) is 0 Å². The summed E-state index contributed by atoms with van der Waals surface area (Å²) in [6, 6.07) is 5.06. The van der Waals surface area contributed by atoms with Crippen molar-refractivity contribution in [3.8, 4) is 11.5 Å². The Morgan fingerprint density at radius 2 is 1.71 bits per heavy atom. The van der Waals surface area contributed by atoms with Crippen molar-refractivity contribution in [2.75, 3.05) is 20.8 Å². The molecule has 0 saturated heterocycles. The van der Waals surface area contributed by atoms with Gasteiger partial charge in [0.2, 0.25) is 0 Å². The molecule has 0 spiro atoms. The summed E-state index contributed by atoms with van der Waals surface area (Å²) in [6.45, 7) is 1.89. The predicted octanol–water partition coefficient (Wildman–Crippen LogP) is 2.63. The molecule has 0 aromatic heterocycles. The summed E-state index contributed by atoms with van der Waals surface area (Å²) in [5.74, 6) is 1.15. The zero-order valence-electron chi connectivity index (χ0n) is 10.6. The third-order valence-electron chi connectivity index (χ3n) is 2.84. The SMILES string of the molecule is CCCC(F)(CN)c1cc(OC)cc(OC)c1. The van der Waals surface area contributed by atoms with Crippen LogP contribution in [0, 0.1) is 0 Å². The molecule has 4 heteroatoms. The number of hydrogen-bond acceptors (Lipinski definition) is 3. The summed E-state index contributed by atoms with van der Waals surface area (Å²) in [7, 11) is 3.08. The summed E-state index contributed by atoms with van der Waals surface area (Å²) in [5, 5.41) is 0. The van der Waals surface area contributed by atoms with E-state index in [2.05, 4.69) is 0 Å². The average molecular weight is 241 g/mol. The number of rotatable bonds is 6. The summed E-state index contributed by atoms with van der Waals surface area (Å²) < 4.78 is 24.9. The van der Waals surface area contributed by atoms with Crippen LogP contribution in [0.1, 0.15) is 25.3 Å². The van der Waals surface area contributed by atoms with Crippen LogP contribution in [0.3, 0.4) is 0 Å². The first-order valence-electron chi connectivity index (χ1n) is 5.72. The lowest BCUT2D eigenvalue weighted by atomic mass is 9.91. The van der Waals surface area contributed by atoms with E-state index >= 15 is 0 Å². The normalized spacial score (nSPS) is 14.2. The number of benzene rings is 1. The van der Waals surface area contributed by atoms with E-state index in [9.17, 15) is 4.39 Å². The van der Waals surface area contributed by atoms with Crippen molar-refractivity contribution in [2.24, 2.45) is 5.73 Å². The van der Waals surface area contributed by atoms with E-state index in [1.165, 1.54) is 0 Å². The van der Waals surface area contributed by atoms with E-state index < -0.39 is 5.67 Å². The highest BCUT2D eigenvalue weighted by molar-refractivity contribution is 5.41. The van der Waals surface area contributed by atoms with E-state index in [-0.39, 0.29) is 6.54 Å². The molecule has 0 heterocycles. The van der Waals surface area contributed by atoms with Crippen LogP contribution in [0.15, 0.2) is 18.2 Å². The van der Waals surface area contributed by atoms with E-state index in [0.717, 1.165) is 6.42 Å². The highest BCUT2D eigenvalue weighted by Gasteiger charge is 2.30. The summed E-state index contributed by atoms with van der Waals surface area (Å²) in [6.07, 6.45) is 1.12. The standard InChI is InChI=1S/C13H20FNO2/c1-4-5-13(14,9-15)10-6-11(16-2)8-12(7-10)17-3/h6-8H,4-5,9,15H2,1-3H3. The molecule has 1 rings (SSSR count). The molecule has 1 atom stereocenters. The molecule has 17 heavy (non-hydrogen) atoms. The molecular formula is C13H20FNO2. The third-order valence-corrected chi connectivity index (χ3v) is 2.84. The second-order valence-corrected chi connectivity index (χ2v) is 4.02. The first-order chi connectivity index (χ1) is 8.09. The first-order valence-corrected chi connectivity index (χ1v) is 5.72. The van der Waals surface area contributed by atoms with Crippen molar-refractivity contribution in [2.45, 2.75) is 25.4 Å². The number of hydrogen-bond donors (Lipinski definition) is 1. The average Bonchev–Trinajstić information content (AvgIpc) is 2.38. The van der Waals surface area contributed by atoms with E-state index in [4.69, 9.17) is 15.2 Å². The minimum absolute atomic E-state index is 0.0445. The lowest BCUT2D eigenvalue weighted by molar-refractivity contribution is 0.158. The Labute approximate surface area is 102 Å². The van der Waals surface area contributed by atoms with Gasteiger partial charge in [0, 0.05) is 12.6 Å². The Morgan fingerprint density at radius 1 is 1.18 bits per heavy atom. The van der Waals surface area contributed by atoms with Crippen LogP contribution in [-0.2, 0) is 5.67 Å². The van der Waals surface area contributed by atoms with E-state index in [1.807, 2.05) is 6.92 Å². The van der Waals surface area contributed by atoms with E-state index in [1.54, 1.807) is 32.4 Å². The Morgan fingerprint density at radius 3 is 2.06 bits per heavy atom. The second-order valence-electron chi connectivity index (χ2n) is 4.02. The predicted molar refractivity (Wildman–Crippen MR) is 66.3 cm³/mol. The maximum absolute atomic E-state index is 14.7. The number of methoxy groups -OCH3 is 2. The highest BCUT2D eigenvalue weighted by Crippen LogP contribution is 2.35. The maximum Gasteiger partial charge on any atom is 0.148 e. The zero-order valence-corrected chi connectivity index (χ0v) is 10.6. The quantitative estimate of drug-likeness (QED) is 0.832. The Kier molecular flexibility index (Phi) is 4.75. The van der Waals surface area contributed by atoms with E-state index in [0.29, 0.717) is 23.5 Å². The summed E-state index contributed by atoms with van der Waals surface area (Å²) in [4.78, 5) is 0. The lowest BCUT2D eigenvalue weighted by Gasteiger charge is -2.24. The Bertz CT molecular complexity index is 348.